The molecule has 94 valence electrons. The number of hydrogen-bond acceptors (Lipinski definition) is 4. The van der Waals surface area contributed by atoms with Crippen LogP contribution in [-0.2, 0) is 4.74 Å². The summed E-state index contributed by atoms with van der Waals surface area (Å²) in [5.41, 5.74) is 0. The van der Waals surface area contributed by atoms with Gasteiger partial charge in [0, 0.05) is 12.8 Å². The van der Waals surface area contributed by atoms with E-state index in [0.29, 0.717) is 6.04 Å². The quantitative estimate of drug-likeness (QED) is 0.872. The maximum Gasteiger partial charge on any atom is 0.169 e. The predicted molar refractivity (Wildman–Crippen MR) is 67.4 cm³/mol. The zero-order valence-corrected chi connectivity index (χ0v) is 10.6. The first kappa shape index (κ1) is 12.2. The van der Waals surface area contributed by atoms with E-state index in [9.17, 15) is 0 Å². The van der Waals surface area contributed by atoms with Crippen LogP contribution in [0.25, 0.3) is 0 Å². The summed E-state index contributed by atoms with van der Waals surface area (Å²) < 4.78 is 11.3. The van der Waals surface area contributed by atoms with Crippen LogP contribution in [-0.4, -0.2) is 29.8 Å². The summed E-state index contributed by atoms with van der Waals surface area (Å²) in [4.78, 5) is 4.34. The summed E-state index contributed by atoms with van der Waals surface area (Å²) in [6, 6.07) is 4.15. The standard InChI is InChI=1S/C13H20N2O2/c1-9(2)17-12-5-4-7-14-13(12)15-11-6-8-16-10(11)3/h4-5,7,9-11H,6,8H2,1-3H3,(H,14,15). The molecule has 0 radical (unpaired) electrons. The third kappa shape index (κ3) is 3.09. The molecule has 2 rings (SSSR count). The van der Waals surface area contributed by atoms with Crippen LogP contribution < -0.4 is 10.1 Å². The number of anilines is 1. The molecule has 1 aliphatic rings. The van der Waals surface area contributed by atoms with Gasteiger partial charge in [0.1, 0.15) is 0 Å². The Morgan fingerprint density at radius 1 is 1.53 bits per heavy atom. The number of aromatic nitrogens is 1. The Morgan fingerprint density at radius 3 is 3.00 bits per heavy atom. The second-order valence-electron chi connectivity index (χ2n) is 4.63. The van der Waals surface area contributed by atoms with E-state index in [4.69, 9.17) is 9.47 Å². The number of rotatable bonds is 4. The fourth-order valence-corrected chi connectivity index (χ4v) is 1.94. The highest BCUT2D eigenvalue weighted by atomic mass is 16.5. The number of nitrogens with zero attached hydrogens (tertiary/aromatic N) is 1. The highest BCUT2D eigenvalue weighted by Gasteiger charge is 2.25. The fraction of sp³-hybridized carbons (Fsp3) is 0.615. The summed E-state index contributed by atoms with van der Waals surface area (Å²) in [6.07, 6.45) is 3.16. The van der Waals surface area contributed by atoms with Crippen molar-refractivity contribution in [2.24, 2.45) is 0 Å². The average molecular weight is 236 g/mol. The van der Waals surface area contributed by atoms with E-state index in [1.807, 2.05) is 26.0 Å². The Balaban J connectivity index is 2.09. The molecule has 1 saturated heterocycles. The lowest BCUT2D eigenvalue weighted by molar-refractivity contribution is 0.121. The van der Waals surface area contributed by atoms with Crippen LogP contribution in [0, 0.1) is 0 Å². The van der Waals surface area contributed by atoms with Gasteiger partial charge in [-0.3, -0.25) is 0 Å². The van der Waals surface area contributed by atoms with E-state index >= 15 is 0 Å². The molecule has 0 saturated carbocycles. The molecule has 1 N–H and O–H groups in total. The molecule has 1 aromatic rings. The fourth-order valence-electron chi connectivity index (χ4n) is 1.94. The SMILES string of the molecule is CC(C)Oc1cccnc1NC1CCOC1C. The molecule has 0 spiro atoms. The minimum absolute atomic E-state index is 0.150. The van der Waals surface area contributed by atoms with E-state index < -0.39 is 0 Å². The summed E-state index contributed by atoms with van der Waals surface area (Å²) in [6.45, 7) is 6.92. The first-order valence-corrected chi connectivity index (χ1v) is 6.16. The van der Waals surface area contributed by atoms with Gasteiger partial charge in [0.25, 0.3) is 0 Å². The van der Waals surface area contributed by atoms with E-state index in [-0.39, 0.29) is 12.2 Å². The Kier molecular flexibility index (Phi) is 3.84. The Morgan fingerprint density at radius 2 is 2.35 bits per heavy atom. The highest BCUT2D eigenvalue weighted by Crippen LogP contribution is 2.25. The number of pyridine rings is 1. The second-order valence-corrected chi connectivity index (χ2v) is 4.63. The van der Waals surface area contributed by atoms with Crippen LogP contribution in [0.5, 0.6) is 5.75 Å². The first-order chi connectivity index (χ1) is 8.16. The molecular formula is C13H20N2O2. The zero-order valence-electron chi connectivity index (χ0n) is 10.6. The van der Waals surface area contributed by atoms with Crippen LogP contribution in [0.3, 0.4) is 0 Å². The van der Waals surface area contributed by atoms with Crippen molar-refractivity contribution in [2.75, 3.05) is 11.9 Å². The summed E-state index contributed by atoms with van der Waals surface area (Å²) in [5, 5.41) is 3.40. The molecule has 0 bridgehead atoms. The second kappa shape index (κ2) is 5.36. The molecule has 1 aromatic heterocycles. The summed E-state index contributed by atoms with van der Waals surface area (Å²) in [5.74, 6) is 1.62. The molecule has 4 nitrogen and oxygen atoms in total. The van der Waals surface area contributed by atoms with Crippen LogP contribution >= 0.6 is 0 Å². The number of nitrogens with one attached hydrogen (secondary N) is 1. The minimum atomic E-state index is 0.150. The molecule has 2 heterocycles. The van der Waals surface area contributed by atoms with Crippen LogP contribution in [0.15, 0.2) is 18.3 Å². The van der Waals surface area contributed by atoms with Crippen LogP contribution in [0.4, 0.5) is 5.82 Å². The molecule has 2 unspecified atom stereocenters. The molecule has 1 aliphatic heterocycles. The number of hydrogen-bond donors (Lipinski definition) is 1. The van der Waals surface area contributed by atoms with Crippen molar-refractivity contribution < 1.29 is 9.47 Å². The largest absolute Gasteiger partial charge is 0.487 e. The predicted octanol–water partition coefficient (Wildman–Crippen LogP) is 2.46. The van der Waals surface area contributed by atoms with E-state index in [0.717, 1.165) is 24.6 Å². The zero-order chi connectivity index (χ0) is 12.3. The van der Waals surface area contributed by atoms with E-state index in [1.54, 1.807) is 6.20 Å². The van der Waals surface area contributed by atoms with Gasteiger partial charge in [0.15, 0.2) is 11.6 Å². The molecule has 2 atom stereocenters. The normalized spacial score (nSPS) is 24.0. The van der Waals surface area contributed by atoms with Crippen molar-refractivity contribution in [3.8, 4) is 5.75 Å². The van der Waals surface area contributed by atoms with Gasteiger partial charge in [-0.05, 0) is 39.3 Å². The molecule has 0 aromatic carbocycles. The first-order valence-electron chi connectivity index (χ1n) is 6.16. The molecule has 0 aliphatic carbocycles. The number of ether oxygens (including phenoxy) is 2. The average Bonchev–Trinajstić information content (AvgIpc) is 2.67. The summed E-state index contributed by atoms with van der Waals surface area (Å²) in [7, 11) is 0. The van der Waals surface area contributed by atoms with Crippen molar-refractivity contribution in [3.05, 3.63) is 18.3 Å². The van der Waals surface area contributed by atoms with E-state index in [2.05, 4.69) is 17.2 Å². The lowest BCUT2D eigenvalue weighted by Crippen LogP contribution is -2.27. The third-order valence-corrected chi connectivity index (χ3v) is 2.83. The van der Waals surface area contributed by atoms with Gasteiger partial charge >= 0.3 is 0 Å². The Bertz CT molecular complexity index is 368. The van der Waals surface area contributed by atoms with Gasteiger partial charge in [0.2, 0.25) is 0 Å². The van der Waals surface area contributed by atoms with E-state index in [1.165, 1.54) is 0 Å². The Labute approximate surface area is 102 Å². The molecule has 0 amide bonds. The van der Waals surface area contributed by atoms with Gasteiger partial charge in [0.05, 0.1) is 18.2 Å². The van der Waals surface area contributed by atoms with Gasteiger partial charge in [-0.15, -0.1) is 0 Å². The van der Waals surface area contributed by atoms with Crippen molar-refractivity contribution in [1.29, 1.82) is 0 Å². The lowest BCUT2D eigenvalue weighted by Gasteiger charge is -2.19. The van der Waals surface area contributed by atoms with Crippen molar-refractivity contribution in [3.63, 3.8) is 0 Å². The maximum absolute atomic E-state index is 5.73. The third-order valence-electron chi connectivity index (χ3n) is 2.83. The topological polar surface area (TPSA) is 43.4 Å². The van der Waals surface area contributed by atoms with Crippen LogP contribution in [0.1, 0.15) is 27.2 Å². The molecule has 17 heavy (non-hydrogen) atoms. The van der Waals surface area contributed by atoms with Crippen molar-refractivity contribution in [2.45, 2.75) is 45.4 Å². The lowest BCUT2D eigenvalue weighted by atomic mass is 10.1. The maximum atomic E-state index is 5.73. The van der Waals surface area contributed by atoms with Gasteiger partial charge in [-0.1, -0.05) is 0 Å². The van der Waals surface area contributed by atoms with Gasteiger partial charge in [-0.25, -0.2) is 4.98 Å². The van der Waals surface area contributed by atoms with Gasteiger partial charge in [-0.2, -0.15) is 0 Å². The van der Waals surface area contributed by atoms with Crippen molar-refractivity contribution >= 4 is 5.82 Å². The smallest absolute Gasteiger partial charge is 0.169 e. The molecule has 4 heteroatoms. The monoisotopic (exact) mass is 236 g/mol. The summed E-state index contributed by atoms with van der Waals surface area (Å²) >= 11 is 0. The van der Waals surface area contributed by atoms with Crippen LogP contribution in [0.2, 0.25) is 0 Å². The minimum Gasteiger partial charge on any atom is -0.487 e. The van der Waals surface area contributed by atoms with Gasteiger partial charge < -0.3 is 14.8 Å². The molecular weight excluding hydrogens is 216 g/mol. The Hall–Kier alpha value is -1.29. The highest BCUT2D eigenvalue weighted by molar-refractivity contribution is 5.50. The van der Waals surface area contributed by atoms with Crippen molar-refractivity contribution in [1.82, 2.24) is 4.98 Å². The molecule has 1 fully saturated rings.